The molecule has 0 aliphatic carbocycles. The minimum Gasteiger partial charge on any atom is -0.394 e. The van der Waals surface area contributed by atoms with E-state index in [0.29, 0.717) is 17.8 Å². The maximum Gasteiger partial charge on any atom is 0.251 e. The van der Waals surface area contributed by atoms with Crippen LogP contribution in [0.4, 0.5) is 11.5 Å². The van der Waals surface area contributed by atoms with Crippen LogP contribution in [0.15, 0.2) is 73.2 Å². The molecule has 6 heteroatoms. The smallest absolute Gasteiger partial charge is 0.251 e. The van der Waals surface area contributed by atoms with Gasteiger partial charge < -0.3 is 15.7 Å². The summed E-state index contributed by atoms with van der Waals surface area (Å²) in [5, 5.41) is 15.6. The summed E-state index contributed by atoms with van der Waals surface area (Å²) < 4.78 is 0. The average Bonchev–Trinajstić information content (AvgIpc) is 2.69. The van der Waals surface area contributed by atoms with Crippen LogP contribution in [0.5, 0.6) is 0 Å². The Hall–Kier alpha value is -3.25. The zero-order valence-corrected chi connectivity index (χ0v) is 14.2. The first-order chi connectivity index (χ1) is 12.7. The number of hydrogen-bond donors (Lipinski definition) is 3. The second kappa shape index (κ2) is 8.73. The number of rotatable bonds is 7. The molecule has 6 nitrogen and oxygen atoms in total. The molecule has 0 radical (unpaired) electrons. The van der Waals surface area contributed by atoms with Crippen molar-refractivity contribution in [3.8, 4) is 0 Å². The van der Waals surface area contributed by atoms with Crippen LogP contribution in [0.1, 0.15) is 15.9 Å². The van der Waals surface area contributed by atoms with Gasteiger partial charge in [-0.2, -0.15) is 0 Å². The van der Waals surface area contributed by atoms with E-state index in [1.165, 1.54) is 0 Å². The molecule has 0 spiro atoms. The van der Waals surface area contributed by atoms with Crippen molar-refractivity contribution >= 4 is 17.4 Å². The monoisotopic (exact) mass is 348 g/mol. The molecule has 0 bridgehead atoms. The van der Waals surface area contributed by atoms with Crippen LogP contribution in [-0.4, -0.2) is 33.6 Å². The van der Waals surface area contributed by atoms with E-state index in [4.69, 9.17) is 0 Å². The van der Waals surface area contributed by atoms with Gasteiger partial charge in [0.15, 0.2) is 0 Å². The molecule has 3 rings (SSSR count). The van der Waals surface area contributed by atoms with Crippen molar-refractivity contribution in [2.24, 2.45) is 0 Å². The van der Waals surface area contributed by atoms with Gasteiger partial charge in [-0.1, -0.05) is 36.4 Å². The third kappa shape index (κ3) is 4.87. The van der Waals surface area contributed by atoms with Crippen molar-refractivity contribution in [1.29, 1.82) is 0 Å². The summed E-state index contributed by atoms with van der Waals surface area (Å²) in [5.41, 5.74) is 2.30. The van der Waals surface area contributed by atoms with Crippen LogP contribution in [0.2, 0.25) is 0 Å². The highest BCUT2D eigenvalue weighted by Gasteiger charge is 2.14. The summed E-state index contributed by atoms with van der Waals surface area (Å²) in [6.45, 7) is -0.127. The van der Waals surface area contributed by atoms with Gasteiger partial charge in [-0.05, 0) is 30.2 Å². The molecule has 0 saturated heterocycles. The minimum atomic E-state index is -0.346. The molecule has 26 heavy (non-hydrogen) atoms. The van der Waals surface area contributed by atoms with Crippen LogP contribution in [0, 0.1) is 0 Å². The Labute approximate surface area is 152 Å². The molecule has 0 saturated carbocycles. The van der Waals surface area contributed by atoms with Crippen molar-refractivity contribution in [1.82, 2.24) is 15.3 Å². The van der Waals surface area contributed by atoms with Crippen molar-refractivity contribution in [3.63, 3.8) is 0 Å². The number of aromatic nitrogens is 2. The fraction of sp³-hybridized carbons (Fsp3) is 0.150. The number of aliphatic hydroxyl groups is 1. The lowest BCUT2D eigenvalue weighted by Gasteiger charge is -2.17. The Bertz CT molecular complexity index is 841. The third-order valence-electron chi connectivity index (χ3n) is 3.84. The normalized spacial score (nSPS) is 11.6. The number of carbonyl (C=O) groups excluding carboxylic acids is 1. The Balaban J connectivity index is 1.66. The van der Waals surface area contributed by atoms with E-state index in [0.717, 1.165) is 11.3 Å². The van der Waals surface area contributed by atoms with Crippen LogP contribution in [0.3, 0.4) is 0 Å². The van der Waals surface area contributed by atoms with E-state index in [2.05, 4.69) is 20.6 Å². The molecular weight excluding hydrogens is 328 g/mol. The number of hydrogen-bond acceptors (Lipinski definition) is 5. The predicted octanol–water partition coefficient (Wildman–Crippen LogP) is 2.55. The second-order valence-electron chi connectivity index (χ2n) is 5.84. The van der Waals surface area contributed by atoms with Crippen molar-refractivity contribution < 1.29 is 9.90 Å². The first kappa shape index (κ1) is 17.6. The molecule has 3 aromatic rings. The SMILES string of the molecule is O=C(NC(CO)Cc1ccccc1)c1cccc(Nc2cnccn2)c1. The molecule has 1 atom stereocenters. The first-order valence-corrected chi connectivity index (χ1v) is 8.33. The van der Waals surface area contributed by atoms with Crippen molar-refractivity contribution in [2.75, 3.05) is 11.9 Å². The number of nitrogens with zero attached hydrogens (tertiary/aromatic N) is 2. The number of aliphatic hydroxyl groups excluding tert-OH is 1. The molecule has 0 aliphatic heterocycles. The molecule has 0 fully saturated rings. The van der Waals surface area contributed by atoms with Gasteiger partial charge in [-0.3, -0.25) is 9.78 Å². The predicted molar refractivity (Wildman–Crippen MR) is 100 cm³/mol. The van der Waals surface area contributed by atoms with Crippen LogP contribution >= 0.6 is 0 Å². The lowest BCUT2D eigenvalue weighted by Crippen LogP contribution is -2.39. The summed E-state index contributed by atoms with van der Waals surface area (Å²) in [4.78, 5) is 20.7. The zero-order valence-electron chi connectivity index (χ0n) is 14.2. The zero-order chi connectivity index (χ0) is 18.2. The number of amides is 1. The molecule has 1 unspecified atom stereocenters. The van der Waals surface area contributed by atoms with Gasteiger partial charge >= 0.3 is 0 Å². The largest absolute Gasteiger partial charge is 0.394 e. The minimum absolute atomic E-state index is 0.127. The standard InChI is InChI=1S/C20H20N4O2/c25-14-18(11-15-5-2-1-3-6-15)24-20(26)16-7-4-8-17(12-16)23-19-13-21-9-10-22-19/h1-10,12-13,18,25H,11,14H2,(H,22,23)(H,24,26). The molecule has 1 heterocycles. The van der Waals surface area contributed by atoms with E-state index in [1.54, 1.807) is 36.8 Å². The Morgan fingerprint density at radius 3 is 2.65 bits per heavy atom. The summed E-state index contributed by atoms with van der Waals surface area (Å²) in [6, 6.07) is 16.5. The maximum absolute atomic E-state index is 12.5. The number of carbonyl (C=O) groups is 1. The summed E-state index contributed by atoms with van der Waals surface area (Å²) >= 11 is 0. The van der Waals surface area contributed by atoms with Gasteiger partial charge in [0.25, 0.3) is 5.91 Å². The van der Waals surface area contributed by atoms with Crippen LogP contribution in [-0.2, 0) is 6.42 Å². The summed E-state index contributed by atoms with van der Waals surface area (Å²) in [7, 11) is 0. The maximum atomic E-state index is 12.5. The Morgan fingerprint density at radius 2 is 1.92 bits per heavy atom. The lowest BCUT2D eigenvalue weighted by atomic mass is 10.1. The fourth-order valence-corrected chi connectivity index (χ4v) is 2.58. The number of benzene rings is 2. The Morgan fingerprint density at radius 1 is 1.08 bits per heavy atom. The van der Waals surface area contributed by atoms with E-state index >= 15 is 0 Å². The third-order valence-corrected chi connectivity index (χ3v) is 3.84. The van der Waals surface area contributed by atoms with Gasteiger partial charge in [0.05, 0.1) is 18.8 Å². The molecule has 0 aliphatic rings. The average molecular weight is 348 g/mol. The number of anilines is 2. The second-order valence-corrected chi connectivity index (χ2v) is 5.84. The molecule has 1 aromatic heterocycles. The van der Waals surface area contributed by atoms with Gasteiger partial charge in [0.2, 0.25) is 0 Å². The topological polar surface area (TPSA) is 87.1 Å². The first-order valence-electron chi connectivity index (χ1n) is 8.33. The molecular formula is C20H20N4O2. The highest BCUT2D eigenvalue weighted by molar-refractivity contribution is 5.95. The van der Waals surface area contributed by atoms with Crippen LogP contribution < -0.4 is 10.6 Å². The number of nitrogens with one attached hydrogen (secondary N) is 2. The van der Waals surface area contributed by atoms with E-state index in [1.807, 2.05) is 36.4 Å². The van der Waals surface area contributed by atoms with Gasteiger partial charge in [-0.25, -0.2) is 4.98 Å². The molecule has 132 valence electrons. The van der Waals surface area contributed by atoms with Crippen molar-refractivity contribution in [2.45, 2.75) is 12.5 Å². The lowest BCUT2D eigenvalue weighted by molar-refractivity contribution is 0.0916. The highest BCUT2D eigenvalue weighted by Crippen LogP contribution is 2.15. The van der Waals surface area contributed by atoms with Gasteiger partial charge in [0, 0.05) is 23.6 Å². The quantitative estimate of drug-likeness (QED) is 0.611. The van der Waals surface area contributed by atoms with E-state index < -0.39 is 0 Å². The van der Waals surface area contributed by atoms with E-state index in [-0.39, 0.29) is 18.6 Å². The van der Waals surface area contributed by atoms with Crippen molar-refractivity contribution in [3.05, 3.63) is 84.3 Å². The summed E-state index contributed by atoms with van der Waals surface area (Å²) in [5.74, 6) is 0.366. The molecule has 2 aromatic carbocycles. The van der Waals surface area contributed by atoms with Crippen LogP contribution in [0.25, 0.3) is 0 Å². The summed E-state index contributed by atoms with van der Waals surface area (Å²) in [6.07, 6.45) is 5.36. The van der Waals surface area contributed by atoms with E-state index in [9.17, 15) is 9.90 Å². The van der Waals surface area contributed by atoms with Gasteiger partial charge in [-0.15, -0.1) is 0 Å². The Kier molecular flexibility index (Phi) is 5.90. The molecule has 3 N–H and O–H groups in total. The van der Waals surface area contributed by atoms with Gasteiger partial charge in [0.1, 0.15) is 5.82 Å². The fourth-order valence-electron chi connectivity index (χ4n) is 2.58. The molecule has 1 amide bonds. The highest BCUT2D eigenvalue weighted by atomic mass is 16.3.